The summed E-state index contributed by atoms with van der Waals surface area (Å²) >= 11 is 1.37. The molecule has 3 aliphatic rings. The first-order valence-electron chi connectivity index (χ1n) is 16.6. The smallest absolute Gasteiger partial charge is 0.248 e. The summed E-state index contributed by atoms with van der Waals surface area (Å²) in [5.41, 5.74) is 6.46. The molecule has 4 rings (SSSR count). The summed E-state index contributed by atoms with van der Waals surface area (Å²) in [4.78, 5) is 44.0. The van der Waals surface area contributed by atoms with E-state index in [9.17, 15) is 19.6 Å². The molecule has 10 nitrogen and oxygen atoms in total. The molecule has 4 N–H and O–H groups in total. The number of rotatable bonds is 13. The van der Waals surface area contributed by atoms with Crippen molar-refractivity contribution < 1.29 is 18.7 Å². The Morgan fingerprint density at radius 1 is 1.00 bits per heavy atom. The van der Waals surface area contributed by atoms with Crippen LogP contribution in [0.5, 0.6) is 0 Å². The van der Waals surface area contributed by atoms with Gasteiger partial charge in [-0.3, -0.25) is 14.4 Å². The summed E-state index contributed by atoms with van der Waals surface area (Å²) < 4.78 is 0. The molecule has 44 heavy (non-hydrogen) atoms. The number of benzene rings is 1. The Morgan fingerprint density at radius 3 is 2.16 bits per heavy atom. The summed E-state index contributed by atoms with van der Waals surface area (Å²) in [5, 5.41) is 15.1. The fourth-order valence-electron chi connectivity index (χ4n) is 5.96. The number of likely N-dealkylation sites (tertiary alicyclic amines) is 2. The van der Waals surface area contributed by atoms with E-state index in [0.717, 1.165) is 38.2 Å². The molecule has 1 aromatic carbocycles. The molecule has 3 fully saturated rings. The third-order valence-electron chi connectivity index (χ3n) is 8.55. The van der Waals surface area contributed by atoms with Gasteiger partial charge in [0, 0.05) is 35.2 Å². The Kier molecular flexibility index (Phi) is 15.8. The number of nitrogens with zero attached hydrogens (tertiary/aromatic N) is 4. The van der Waals surface area contributed by atoms with Gasteiger partial charge in [0.1, 0.15) is 10.6 Å². The van der Waals surface area contributed by atoms with Gasteiger partial charge in [-0.15, -0.1) is 11.8 Å². The number of hydrogen-bond acceptors (Lipinski definition) is 8. The molecule has 250 valence electrons. The second-order valence-corrected chi connectivity index (χ2v) is 13.2. The first kappa shape index (κ1) is 35.7. The van der Waals surface area contributed by atoms with Crippen LogP contribution in [0.2, 0.25) is 0 Å². The minimum atomic E-state index is -0.927. The summed E-state index contributed by atoms with van der Waals surface area (Å²) in [5.74, 6) is -1.80. The van der Waals surface area contributed by atoms with Gasteiger partial charge in [-0.05, 0) is 102 Å². The Labute approximate surface area is 272 Å². The van der Waals surface area contributed by atoms with Crippen molar-refractivity contribution in [1.29, 1.82) is 5.26 Å². The normalized spacial score (nSPS) is 21.8. The SMILES string of the molecule is CCCN1C(=O)C(CNc2ccc(C(N)=O)cc2)SC1C(C#N)C(=O)NCCCN1CCCCCC1.CCN1CCCCC1.[HH].[HH].[HH]. The van der Waals surface area contributed by atoms with E-state index in [1.165, 1.54) is 76.3 Å². The molecular formula is C33H59N7O3S. The quantitative estimate of drug-likeness (QED) is 0.268. The van der Waals surface area contributed by atoms with Gasteiger partial charge in [0.2, 0.25) is 17.7 Å². The first-order chi connectivity index (χ1) is 21.4. The highest BCUT2D eigenvalue weighted by Crippen LogP contribution is 2.36. The monoisotopic (exact) mass is 633 g/mol. The van der Waals surface area contributed by atoms with Gasteiger partial charge >= 0.3 is 0 Å². The molecule has 0 saturated carbocycles. The van der Waals surface area contributed by atoms with Gasteiger partial charge in [0.15, 0.2) is 5.92 Å². The molecule has 0 aromatic heterocycles. The average molecular weight is 634 g/mol. The van der Waals surface area contributed by atoms with Crippen molar-refractivity contribution in [3.05, 3.63) is 29.8 Å². The molecule has 3 unspecified atom stereocenters. The number of carbonyl (C=O) groups is 3. The maximum atomic E-state index is 13.1. The third kappa shape index (κ3) is 11.3. The van der Waals surface area contributed by atoms with Crippen LogP contribution in [-0.2, 0) is 9.59 Å². The van der Waals surface area contributed by atoms with Gasteiger partial charge in [-0.1, -0.05) is 33.1 Å². The number of nitrogens with two attached hydrogens (primary N) is 1. The van der Waals surface area contributed by atoms with E-state index in [1.807, 2.05) is 6.92 Å². The zero-order valence-electron chi connectivity index (χ0n) is 26.8. The average Bonchev–Trinajstić information content (AvgIpc) is 3.18. The number of anilines is 1. The molecule has 3 amide bonds. The number of hydrogen-bond donors (Lipinski definition) is 3. The molecule has 3 atom stereocenters. The molecular weight excluding hydrogens is 574 g/mol. The van der Waals surface area contributed by atoms with Gasteiger partial charge < -0.3 is 31.1 Å². The zero-order valence-corrected chi connectivity index (χ0v) is 27.6. The van der Waals surface area contributed by atoms with Crippen LogP contribution in [-0.4, -0.2) is 102 Å². The van der Waals surface area contributed by atoms with Crippen molar-refractivity contribution in [2.24, 2.45) is 11.7 Å². The lowest BCUT2D eigenvalue weighted by molar-refractivity contribution is -0.131. The van der Waals surface area contributed by atoms with E-state index in [4.69, 9.17) is 5.73 Å². The lowest BCUT2D eigenvalue weighted by Gasteiger charge is -2.26. The largest absolute Gasteiger partial charge is 0.383 e. The molecule has 3 saturated heterocycles. The standard InChI is InChI=1S/C26H38N6O3S.C7H15N.3H2/c1-2-13-32-25(35)22(18-30-20-10-8-19(9-11-20)23(28)33)36-26(32)21(17-27)24(34)29-12-7-16-31-14-5-3-4-6-15-31;1-2-8-6-4-3-5-7-8;;;/h8-11,21-22,26,30H,2-7,12-16,18H2,1H3,(H2,28,33)(H,29,34);2-7H2,1H3;3*1H. The predicted octanol–water partition coefficient (Wildman–Crippen LogP) is 4.63. The Bertz CT molecular complexity index is 1080. The topological polar surface area (TPSA) is 135 Å². The van der Waals surface area contributed by atoms with E-state index in [-0.39, 0.29) is 16.1 Å². The Morgan fingerprint density at radius 2 is 1.61 bits per heavy atom. The number of amides is 3. The van der Waals surface area contributed by atoms with Gasteiger partial charge in [0.25, 0.3) is 0 Å². The van der Waals surface area contributed by atoms with Crippen LogP contribution < -0.4 is 16.4 Å². The number of nitriles is 1. The second kappa shape index (κ2) is 19.6. The van der Waals surface area contributed by atoms with Crippen LogP contribution in [0.25, 0.3) is 0 Å². The fraction of sp³-hybridized carbons (Fsp3) is 0.697. The molecule has 3 aliphatic heterocycles. The van der Waals surface area contributed by atoms with Crippen LogP contribution in [0, 0.1) is 17.2 Å². The summed E-state index contributed by atoms with van der Waals surface area (Å²) in [6.45, 7) is 12.7. The van der Waals surface area contributed by atoms with E-state index in [1.54, 1.807) is 29.2 Å². The molecule has 1 aromatic rings. The number of piperidine rings is 1. The van der Waals surface area contributed by atoms with Crippen LogP contribution in [0.4, 0.5) is 5.69 Å². The first-order valence-corrected chi connectivity index (χ1v) is 17.5. The van der Waals surface area contributed by atoms with Crippen LogP contribution >= 0.6 is 11.8 Å². The lowest BCUT2D eigenvalue weighted by atomic mass is 10.1. The van der Waals surface area contributed by atoms with Crippen LogP contribution in [0.15, 0.2) is 24.3 Å². The maximum absolute atomic E-state index is 13.1. The van der Waals surface area contributed by atoms with Crippen molar-refractivity contribution in [3.63, 3.8) is 0 Å². The molecule has 3 heterocycles. The number of carbonyl (C=O) groups excluding carboxylic acids is 3. The van der Waals surface area contributed by atoms with Gasteiger partial charge in [-0.2, -0.15) is 5.26 Å². The Hall–Kier alpha value is -2.81. The highest BCUT2D eigenvalue weighted by molar-refractivity contribution is 8.01. The third-order valence-corrected chi connectivity index (χ3v) is 10.0. The minimum Gasteiger partial charge on any atom is -0.383 e. The van der Waals surface area contributed by atoms with Crippen molar-refractivity contribution >= 4 is 35.2 Å². The van der Waals surface area contributed by atoms with E-state index >= 15 is 0 Å². The predicted molar refractivity (Wildman–Crippen MR) is 185 cm³/mol. The molecule has 0 bridgehead atoms. The van der Waals surface area contributed by atoms with Gasteiger partial charge in [-0.25, -0.2) is 0 Å². The molecule has 11 heteroatoms. The maximum Gasteiger partial charge on any atom is 0.248 e. The van der Waals surface area contributed by atoms with E-state index in [0.29, 0.717) is 25.2 Å². The van der Waals surface area contributed by atoms with Crippen molar-refractivity contribution in [2.45, 2.75) is 82.3 Å². The molecule has 0 spiro atoms. The van der Waals surface area contributed by atoms with Crippen molar-refractivity contribution in [1.82, 2.24) is 20.0 Å². The summed E-state index contributed by atoms with van der Waals surface area (Å²) in [6.07, 6.45) is 10.9. The number of thioether (sulfide) groups is 1. The molecule has 0 radical (unpaired) electrons. The van der Waals surface area contributed by atoms with Gasteiger partial charge in [0.05, 0.1) is 6.07 Å². The second-order valence-electron chi connectivity index (χ2n) is 11.9. The zero-order chi connectivity index (χ0) is 31.7. The lowest BCUT2D eigenvalue weighted by Crippen LogP contribution is -2.45. The van der Waals surface area contributed by atoms with E-state index < -0.39 is 22.4 Å². The highest BCUT2D eigenvalue weighted by Gasteiger charge is 2.45. The van der Waals surface area contributed by atoms with Crippen molar-refractivity contribution in [3.8, 4) is 6.07 Å². The van der Waals surface area contributed by atoms with Crippen LogP contribution in [0.3, 0.4) is 0 Å². The summed E-state index contributed by atoms with van der Waals surface area (Å²) in [7, 11) is 0. The Balaban J connectivity index is 0.00000168. The minimum absolute atomic E-state index is 0. The highest BCUT2D eigenvalue weighted by atomic mass is 32.2. The van der Waals surface area contributed by atoms with E-state index in [2.05, 4.69) is 33.4 Å². The molecule has 0 aliphatic carbocycles. The number of nitrogens with one attached hydrogen (secondary N) is 2. The van der Waals surface area contributed by atoms with Crippen molar-refractivity contribution in [2.75, 3.05) is 64.2 Å². The summed E-state index contributed by atoms with van der Waals surface area (Å²) in [6, 6.07) is 8.90. The number of primary amides is 1. The fourth-order valence-corrected chi connectivity index (χ4v) is 7.42. The van der Waals surface area contributed by atoms with Crippen LogP contribution in [0.1, 0.15) is 86.3 Å².